The van der Waals surface area contributed by atoms with Crippen molar-refractivity contribution in [3.63, 3.8) is 0 Å². The fourth-order valence-electron chi connectivity index (χ4n) is 2.11. The first-order valence-corrected chi connectivity index (χ1v) is 8.28. The van der Waals surface area contributed by atoms with Gasteiger partial charge in [0.15, 0.2) is 5.82 Å². The molecule has 0 saturated heterocycles. The van der Waals surface area contributed by atoms with Crippen molar-refractivity contribution in [1.29, 1.82) is 0 Å². The lowest BCUT2D eigenvalue weighted by Crippen LogP contribution is -2.23. The van der Waals surface area contributed by atoms with Crippen LogP contribution in [0.5, 0.6) is 0 Å². The van der Waals surface area contributed by atoms with Crippen molar-refractivity contribution in [3.8, 4) is 11.4 Å². The third-order valence-corrected chi connectivity index (χ3v) is 5.21. The molecule has 0 N–H and O–H groups in total. The predicted octanol–water partition coefficient (Wildman–Crippen LogP) is 2.13. The summed E-state index contributed by atoms with van der Waals surface area (Å²) in [4.78, 5) is 22.6. The summed E-state index contributed by atoms with van der Waals surface area (Å²) in [5, 5.41) is 6.33. The van der Waals surface area contributed by atoms with Gasteiger partial charge in [-0.25, -0.2) is 0 Å². The second kappa shape index (κ2) is 5.11. The highest BCUT2D eigenvalue weighted by molar-refractivity contribution is 7.15. The average molecular weight is 326 g/mol. The van der Waals surface area contributed by atoms with E-state index < -0.39 is 0 Å². The molecule has 0 aliphatic rings. The molecule has 0 radical (unpaired) electrons. The van der Waals surface area contributed by atoms with E-state index in [-0.39, 0.29) is 5.56 Å². The van der Waals surface area contributed by atoms with Crippen LogP contribution in [0, 0.1) is 6.92 Å². The molecule has 0 atom stereocenters. The molecule has 22 heavy (non-hydrogen) atoms. The van der Waals surface area contributed by atoms with E-state index in [2.05, 4.69) is 15.1 Å². The van der Waals surface area contributed by atoms with Crippen molar-refractivity contribution in [3.05, 3.63) is 61.3 Å². The van der Waals surface area contributed by atoms with E-state index >= 15 is 0 Å². The molecule has 4 rings (SSSR count). The highest BCUT2D eigenvalue weighted by atomic mass is 32.1. The molecule has 7 heteroatoms. The maximum absolute atomic E-state index is 12.4. The molecule has 0 saturated carbocycles. The Balaban J connectivity index is 1.87. The first-order valence-electron chi connectivity index (χ1n) is 6.58. The van der Waals surface area contributed by atoms with Crippen LogP contribution >= 0.6 is 22.7 Å². The molecule has 108 valence electrons. The minimum absolute atomic E-state index is 0.124. The molecule has 0 amide bonds. The van der Waals surface area contributed by atoms with Crippen LogP contribution in [-0.4, -0.2) is 19.6 Å². The summed E-state index contributed by atoms with van der Waals surface area (Å²) in [6.07, 6.45) is 5.28. The van der Waals surface area contributed by atoms with Crippen LogP contribution in [0.4, 0.5) is 0 Å². The summed E-state index contributed by atoms with van der Waals surface area (Å²) in [6.45, 7) is 2.03. The SMILES string of the molecule is Cc1ccsc1/C=c1\sc2nc(-c3ccncc3)nn2c1=O. The zero-order valence-electron chi connectivity index (χ0n) is 11.6. The first kappa shape index (κ1) is 13.3. The van der Waals surface area contributed by atoms with Crippen LogP contribution < -0.4 is 10.1 Å². The number of fused-ring (bicyclic) bond motifs is 1. The molecule has 0 fully saturated rings. The summed E-state index contributed by atoms with van der Waals surface area (Å²) in [7, 11) is 0. The Labute approximate surface area is 133 Å². The third kappa shape index (κ3) is 2.15. The van der Waals surface area contributed by atoms with Gasteiger partial charge in [0.05, 0.1) is 4.53 Å². The van der Waals surface area contributed by atoms with Crippen LogP contribution in [-0.2, 0) is 0 Å². The quantitative estimate of drug-likeness (QED) is 0.566. The van der Waals surface area contributed by atoms with E-state index in [9.17, 15) is 4.79 Å². The molecular weight excluding hydrogens is 316 g/mol. The summed E-state index contributed by atoms with van der Waals surface area (Å²) >= 11 is 2.98. The standard InChI is InChI=1S/C15H10N4OS2/c1-9-4-7-21-11(9)8-12-14(20)19-15(22-12)17-13(18-19)10-2-5-16-6-3-10/h2-8H,1H3/b12-8-. The van der Waals surface area contributed by atoms with Crippen LogP contribution in [0.15, 0.2) is 40.8 Å². The Morgan fingerprint density at radius 2 is 2.05 bits per heavy atom. The lowest BCUT2D eigenvalue weighted by Gasteiger charge is -1.90. The third-order valence-electron chi connectivity index (χ3n) is 3.28. The Morgan fingerprint density at radius 3 is 2.73 bits per heavy atom. The number of thiophene rings is 1. The highest BCUT2D eigenvalue weighted by Gasteiger charge is 2.12. The summed E-state index contributed by atoms with van der Waals surface area (Å²) in [6, 6.07) is 5.69. The molecule has 0 aliphatic heterocycles. The van der Waals surface area contributed by atoms with Gasteiger partial charge < -0.3 is 0 Å². The molecule has 5 nitrogen and oxygen atoms in total. The maximum Gasteiger partial charge on any atom is 0.291 e. The number of pyridine rings is 1. The first-order chi connectivity index (χ1) is 10.7. The van der Waals surface area contributed by atoms with Crippen molar-refractivity contribution in [2.75, 3.05) is 0 Å². The molecule has 0 aliphatic carbocycles. The largest absolute Gasteiger partial charge is 0.291 e. The molecule has 0 spiro atoms. The lowest BCUT2D eigenvalue weighted by molar-refractivity contribution is 0.936. The van der Waals surface area contributed by atoms with Gasteiger partial charge in [-0.1, -0.05) is 11.3 Å². The van der Waals surface area contributed by atoms with Crippen molar-refractivity contribution >= 4 is 33.7 Å². The van der Waals surface area contributed by atoms with Gasteiger partial charge in [0.1, 0.15) is 0 Å². The van der Waals surface area contributed by atoms with E-state index in [4.69, 9.17) is 0 Å². The van der Waals surface area contributed by atoms with Crippen LogP contribution in [0.3, 0.4) is 0 Å². The van der Waals surface area contributed by atoms with Gasteiger partial charge in [-0.3, -0.25) is 9.78 Å². The summed E-state index contributed by atoms with van der Waals surface area (Å²) < 4.78 is 2.02. The van der Waals surface area contributed by atoms with E-state index in [1.165, 1.54) is 21.4 Å². The predicted molar refractivity (Wildman–Crippen MR) is 88.2 cm³/mol. The maximum atomic E-state index is 12.4. The Morgan fingerprint density at radius 1 is 1.23 bits per heavy atom. The van der Waals surface area contributed by atoms with E-state index in [1.54, 1.807) is 23.7 Å². The molecule has 0 bridgehead atoms. The topological polar surface area (TPSA) is 60.1 Å². The minimum Gasteiger partial charge on any atom is -0.266 e. The molecule has 0 aromatic carbocycles. The Kier molecular flexibility index (Phi) is 3.09. The number of thiazole rings is 1. The fourth-order valence-corrected chi connectivity index (χ4v) is 3.93. The van der Waals surface area contributed by atoms with Crippen LogP contribution in [0.2, 0.25) is 0 Å². The van der Waals surface area contributed by atoms with E-state index in [1.807, 2.05) is 36.6 Å². The molecule has 4 aromatic heterocycles. The van der Waals surface area contributed by atoms with Crippen molar-refractivity contribution in [1.82, 2.24) is 19.6 Å². The smallest absolute Gasteiger partial charge is 0.266 e. The van der Waals surface area contributed by atoms with E-state index in [0.717, 1.165) is 10.4 Å². The number of nitrogens with zero attached hydrogens (tertiary/aromatic N) is 4. The number of hydrogen-bond acceptors (Lipinski definition) is 6. The normalized spacial score (nSPS) is 12.3. The van der Waals surface area contributed by atoms with E-state index in [0.29, 0.717) is 15.3 Å². The van der Waals surface area contributed by atoms with Gasteiger partial charge in [0.25, 0.3) is 5.56 Å². The van der Waals surface area contributed by atoms with Gasteiger partial charge in [-0.15, -0.1) is 16.4 Å². The number of rotatable bonds is 2. The lowest BCUT2D eigenvalue weighted by atomic mass is 10.3. The Hall–Kier alpha value is -2.38. The summed E-state index contributed by atoms with van der Waals surface area (Å²) in [5.41, 5.74) is 1.89. The minimum atomic E-state index is -0.124. The zero-order chi connectivity index (χ0) is 15.1. The molecule has 4 aromatic rings. The van der Waals surface area contributed by atoms with Gasteiger partial charge >= 0.3 is 0 Å². The number of aryl methyl sites for hydroxylation is 1. The van der Waals surface area contributed by atoms with Crippen molar-refractivity contribution in [2.45, 2.75) is 6.92 Å². The second-order valence-corrected chi connectivity index (χ2v) is 6.71. The van der Waals surface area contributed by atoms with Gasteiger partial charge in [-0.2, -0.15) is 9.50 Å². The molecule has 4 heterocycles. The second-order valence-electron chi connectivity index (χ2n) is 4.75. The molecule has 0 unspecified atom stereocenters. The van der Waals surface area contributed by atoms with Gasteiger partial charge in [0.2, 0.25) is 4.96 Å². The monoisotopic (exact) mass is 326 g/mol. The molecular formula is C15H10N4OS2. The average Bonchev–Trinajstić information content (AvgIpc) is 3.20. The van der Waals surface area contributed by atoms with Crippen molar-refractivity contribution in [2.24, 2.45) is 0 Å². The number of hydrogen-bond donors (Lipinski definition) is 0. The van der Waals surface area contributed by atoms with Crippen LogP contribution in [0.25, 0.3) is 22.4 Å². The Bertz CT molecular complexity index is 1060. The van der Waals surface area contributed by atoms with Gasteiger partial charge in [-0.05, 0) is 42.1 Å². The van der Waals surface area contributed by atoms with Crippen LogP contribution in [0.1, 0.15) is 10.4 Å². The highest BCUT2D eigenvalue weighted by Crippen LogP contribution is 2.17. The summed E-state index contributed by atoms with van der Waals surface area (Å²) in [5.74, 6) is 0.546. The fraction of sp³-hybridized carbons (Fsp3) is 0.0667. The number of aromatic nitrogens is 4. The van der Waals surface area contributed by atoms with Crippen molar-refractivity contribution < 1.29 is 0 Å². The zero-order valence-corrected chi connectivity index (χ0v) is 13.2. The van der Waals surface area contributed by atoms with Gasteiger partial charge in [0, 0.05) is 22.8 Å².